The van der Waals surface area contributed by atoms with Crippen LogP contribution in [-0.2, 0) is 7.05 Å². The normalized spacial score (nSPS) is 10.9. The van der Waals surface area contributed by atoms with Crippen LogP contribution in [0.2, 0.25) is 10.3 Å². The third kappa shape index (κ3) is 1.04. The molecule has 0 bridgehead atoms. The molecule has 2 rings (SSSR count). The molecule has 2 aromatic heterocycles. The standard InChI is InChI=1S/C6H4Cl2N4/c1-12-2-3-4(11-12)6(8)10-9-5(3)7/h2H,1H3. The van der Waals surface area contributed by atoms with E-state index in [9.17, 15) is 0 Å². The molecule has 0 aromatic carbocycles. The maximum atomic E-state index is 5.76. The lowest BCUT2D eigenvalue weighted by molar-refractivity contribution is 0.779. The van der Waals surface area contributed by atoms with Gasteiger partial charge in [0.1, 0.15) is 5.52 Å². The molecule has 6 heteroatoms. The molecule has 12 heavy (non-hydrogen) atoms. The third-order valence-electron chi connectivity index (χ3n) is 1.47. The van der Waals surface area contributed by atoms with E-state index in [4.69, 9.17) is 23.2 Å². The van der Waals surface area contributed by atoms with Crippen molar-refractivity contribution in [1.82, 2.24) is 20.0 Å². The zero-order chi connectivity index (χ0) is 8.72. The Morgan fingerprint density at radius 3 is 2.58 bits per heavy atom. The number of halogens is 2. The summed E-state index contributed by atoms with van der Waals surface area (Å²) in [4.78, 5) is 0. The zero-order valence-corrected chi connectivity index (χ0v) is 7.63. The molecule has 0 aliphatic heterocycles. The van der Waals surface area contributed by atoms with Gasteiger partial charge in [-0.2, -0.15) is 5.10 Å². The molecule has 0 amide bonds. The molecule has 0 radical (unpaired) electrons. The van der Waals surface area contributed by atoms with Crippen LogP contribution in [0.3, 0.4) is 0 Å². The van der Waals surface area contributed by atoms with Gasteiger partial charge in [0.05, 0.1) is 5.39 Å². The fraction of sp³-hybridized carbons (Fsp3) is 0.167. The number of aromatic nitrogens is 4. The number of fused-ring (bicyclic) bond motifs is 1. The summed E-state index contributed by atoms with van der Waals surface area (Å²) in [5.41, 5.74) is 0.583. The van der Waals surface area contributed by atoms with Gasteiger partial charge in [-0.15, -0.1) is 10.2 Å². The first-order valence-electron chi connectivity index (χ1n) is 3.19. The van der Waals surface area contributed by atoms with Gasteiger partial charge in [0.2, 0.25) is 0 Å². The minimum absolute atomic E-state index is 0.273. The van der Waals surface area contributed by atoms with E-state index in [-0.39, 0.29) is 5.15 Å². The monoisotopic (exact) mass is 202 g/mol. The van der Waals surface area contributed by atoms with E-state index in [1.54, 1.807) is 17.9 Å². The van der Waals surface area contributed by atoms with Crippen LogP contribution in [0.25, 0.3) is 10.9 Å². The van der Waals surface area contributed by atoms with Crippen LogP contribution < -0.4 is 0 Å². The van der Waals surface area contributed by atoms with Crippen molar-refractivity contribution in [3.8, 4) is 0 Å². The quantitative estimate of drug-likeness (QED) is 0.653. The summed E-state index contributed by atoms with van der Waals surface area (Å²) in [6.07, 6.45) is 1.75. The van der Waals surface area contributed by atoms with E-state index in [1.807, 2.05) is 0 Å². The molecule has 2 heterocycles. The Hall–Kier alpha value is -0.870. The Balaban J connectivity index is 2.93. The highest BCUT2D eigenvalue weighted by atomic mass is 35.5. The van der Waals surface area contributed by atoms with E-state index in [0.717, 1.165) is 5.39 Å². The number of aryl methyl sites for hydroxylation is 1. The second kappa shape index (κ2) is 2.57. The lowest BCUT2D eigenvalue weighted by Gasteiger charge is -1.90. The van der Waals surface area contributed by atoms with Crippen LogP contribution in [-0.4, -0.2) is 20.0 Å². The van der Waals surface area contributed by atoms with Crippen molar-refractivity contribution in [1.29, 1.82) is 0 Å². The molecule has 62 valence electrons. The molecular weight excluding hydrogens is 199 g/mol. The summed E-state index contributed by atoms with van der Waals surface area (Å²) >= 11 is 11.5. The Morgan fingerprint density at radius 2 is 1.92 bits per heavy atom. The van der Waals surface area contributed by atoms with Crippen molar-refractivity contribution in [3.05, 3.63) is 16.5 Å². The van der Waals surface area contributed by atoms with Crippen LogP contribution in [0.5, 0.6) is 0 Å². The maximum Gasteiger partial charge on any atom is 0.179 e. The number of nitrogens with zero attached hydrogens (tertiary/aromatic N) is 4. The Labute approximate surface area is 78.1 Å². The predicted octanol–water partition coefficient (Wildman–Crippen LogP) is 1.67. The van der Waals surface area contributed by atoms with Crippen LogP contribution in [0, 0.1) is 0 Å². The average molecular weight is 203 g/mol. The second-order valence-corrected chi connectivity index (χ2v) is 3.06. The first-order chi connectivity index (χ1) is 5.68. The first kappa shape index (κ1) is 7.76. The first-order valence-corrected chi connectivity index (χ1v) is 3.95. The minimum atomic E-state index is 0.273. The van der Waals surface area contributed by atoms with Crippen molar-refractivity contribution in [2.24, 2.45) is 7.05 Å². The molecule has 0 aliphatic carbocycles. The van der Waals surface area contributed by atoms with Gasteiger partial charge in [0.25, 0.3) is 0 Å². The maximum absolute atomic E-state index is 5.76. The van der Waals surface area contributed by atoms with Crippen molar-refractivity contribution in [3.63, 3.8) is 0 Å². The Kier molecular flexibility index (Phi) is 1.66. The molecule has 0 aliphatic rings. The van der Waals surface area contributed by atoms with Crippen LogP contribution in [0.15, 0.2) is 6.20 Å². The van der Waals surface area contributed by atoms with E-state index < -0.39 is 0 Å². The van der Waals surface area contributed by atoms with Crippen LogP contribution >= 0.6 is 23.2 Å². The average Bonchev–Trinajstić information content (AvgIpc) is 2.41. The van der Waals surface area contributed by atoms with Gasteiger partial charge in [0.15, 0.2) is 10.3 Å². The molecule has 4 nitrogen and oxygen atoms in total. The topological polar surface area (TPSA) is 43.6 Å². The van der Waals surface area contributed by atoms with Crippen LogP contribution in [0.1, 0.15) is 0 Å². The smallest absolute Gasteiger partial charge is 0.179 e. The molecule has 0 fully saturated rings. The summed E-state index contributed by atoms with van der Waals surface area (Å²) in [6, 6.07) is 0. The zero-order valence-electron chi connectivity index (χ0n) is 6.12. The van der Waals surface area contributed by atoms with Gasteiger partial charge in [-0.25, -0.2) is 0 Å². The molecule has 2 aromatic rings. The van der Waals surface area contributed by atoms with Gasteiger partial charge in [-0.05, 0) is 0 Å². The Bertz CT molecular complexity index is 397. The molecule has 0 saturated carbocycles. The summed E-state index contributed by atoms with van der Waals surface area (Å²) in [5, 5.41) is 12.7. The molecule has 0 N–H and O–H groups in total. The molecule has 0 spiro atoms. The molecule has 0 saturated heterocycles. The van der Waals surface area contributed by atoms with Crippen molar-refractivity contribution >= 4 is 34.1 Å². The van der Waals surface area contributed by atoms with Crippen molar-refractivity contribution in [2.45, 2.75) is 0 Å². The van der Waals surface area contributed by atoms with Crippen molar-refractivity contribution < 1.29 is 0 Å². The summed E-state index contributed by atoms with van der Waals surface area (Å²) < 4.78 is 1.62. The molecular formula is C6H4Cl2N4. The van der Waals surface area contributed by atoms with Crippen molar-refractivity contribution in [2.75, 3.05) is 0 Å². The molecule has 0 atom stereocenters. The highest BCUT2D eigenvalue weighted by Gasteiger charge is 2.08. The SMILES string of the molecule is Cn1cc2c(Cl)nnc(Cl)c2n1. The number of rotatable bonds is 0. The minimum Gasteiger partial charge on any atom is -0.274 e. The Morgan fingerprint density at radius 1 is 1.25 bits per heavy atom. The summed E-state index contributed by atoms with van der Waals surface area (Å²) in [6.45, 7) is 0. The van der Waals surface area contributed by atoms with E-state index >= 15 is 0 Å². The lowest BCUT2D eigenvalue weighted by atomic mass is 10.4. The van der Waals surface area contributed by atoms with E-state index in [2.05, 4.69) is 15.3 Å². The third-order valence-corrected chi connectivity index (χ3v) is 2.01. The van der Waals surface area contributed by atoms with Gasteiger partial charge in [0, 0.05) is 13.2 Å². The fourth-order valence-electron chi connectivity index (χ4n) is 0.981. The highest BCUT2D eigenvalue weighted by molar-refractivity contribution is 6.37. The fourth-order valence-corrected chi connectivity index (χ4v) is 1.33. The van der Waals surface area contributed by atoms with Gasteiger partial charge in [-0.1, -0.05) is 23.2 Å². The van der Waals surface area contributed by atoms with Gasteiger partial charge < -0.3 is 0 Å². The van der Waals surface area contributed by atoms with E-state index in [1.165, 1.54) is 0 Å². The summed E-state index contributed by atoms with van der Waals surface area (Å²) in [5.74, 6) is 0. The van der Waals surface area contributed by atoms with E-state index in [0.29, 0.717) is 10.7 Å². The number of hydrogen-bond acceptors (Lipinski definition) is 3. The predicted molar refractivity (Wildman–Crippen MR) is 46.3 cm³/mol. The molecule has 0 unspecified atom stereocenters. The largest absolute Gasteiger partial charge is 0.274 e. The van der Waals surface area contributed by atoms with Gasteiger partial charge in [-0.3, -0.25) is 4.68 Å². The summed E-state index contributed by atoms with van der Waals surface area (Å²) in [7, 11) is 1.78. The second-order valence-electron chi connectivity index (χ2n) is 2.35. The van der Waals surface area contributed by atoms with Crippen LogP contribution in [0.4, 0.5) is 0 Å². The number of hydrogen-bond donors (Lipinski definition) is 0. The lowest BCUT2D eigenvalue weighted by Crippen LogP contribution is -1.86. The highest BCUT2D eigenvalue weighted by Crippen LogP contribution is 2.23. The van der Waals surface area contributed by atoms with Gasteiger partial charge >= 0.3 is 0 Å².